The van der Waals surface area contributed by atoms with Gasteiger partial charge in [-0.2, -0.15) is 0 Å². The van der Waals surface area contributed by atoms with Gasteiger partial charge in [-0.25, -0.2) is 0 Å². The second-order valence-corrected chi connectivity index (χ2v) is 8.29. The van der Waals surface area contributed by atoms with Crippen molar-refractivity contribution in [3.05, 3.63) is 60.2 Å². The van der Waals surface area contributed by atoms with E-state index in [-0.39, 0.29) is 0 Å². The molecule has 0 heterocycles. The molecule has 0 radical (unpaired) electrons. The summed E-state index contributed by atoms with van der Waals surface area (Å²) >= 11 is 0. The van der Waals surface area contributed by atoms with Gasteiger partial charge in [-0.3, -0.25) is 0 Å². The molecule has 29 heavy (non-hydrogen) atoms. The predicted molar refractivity (Wildman–Crippen MR) is 127 cm³/mol. The van der Waals surface area contributed by atoms with Crippen LogP contribution >= 0.6 is 0 Å². The Morgan fingerprint density at radius 1 is 0.724 bits per heavy atom. The summed E-state index contributed by atoms with van der Waals surface area (Å²) in [6.45, 7) is 8.12. The summed E-state index contributed by atoms with van der Waals surface area (Å²) in [4.78, 5) is 2.62. The minimum atomic E-state index is -0.399. The van der Waals surface area contributed by atoms with Crippen LogP contribution < -0.4 is 0 Å². The summed E-state index contributed by atoms with van der Waals surface area (Å²) in [6.07, 6.45) is 7.76. The molecule has 0 saturated heterocycles. The fraction of sp³-hybridized carbons (Fsp3) is 0.481. The molecule has 0 aliphatic heterocycles. The third-order valence-corrected chi connectivity index (χ3v) is 6.02. The van der Waals surface area contributed by atoms with E-state index >= 15 is 0 Å². The number of benzene rings is 3. The first-order valence-electron chi connectivity index (χ1n) is 11.6. The molecule has 3 aromatic carbocycles. The van der Waals surface area contributed by atoms with Crippen LogP contribution in [0.25, 0.3) is 21.5 Å². The van der Waals surface area contributed by atoms with Crippen LogP contribution in [0.15, 0.2) is 54.6 Å². The molecule has 1 N–H and O–H groups in total. The number of hydrogen-bond donors (Lipinski definition) is 1. The molecule has 0 bridgehead atoms. The molecule has 156 valence electrons. The topological polar surface area (TPSA) is 23.5 Å². The van der Waals surface area contributed by atoms with Gasteiger partial charge >= 0.3 is 0 Å². The minimum Gasteiger partial charge on any atom is -0.388 e. The van der Waals surface area contributed by atoms with Crippen molar-refractivity contribution in [2.75, 3.05) is 19.6 Å². The standard InChI is InChI=1S/C27H37NO/c1-3-5-18-28(19-6-4-2)20-12-11-17-27(29)26-21-22-13-7-8-14-23(22)24-15-9-10-16-25(24)26/h7-10,13-16,21,27,29H,3-6,11-12,17-20H2,1-2H3/t27-/m1/s1. The van der Waals surface area contributed by atoms with Gasteiger partial charge in [-0.15, -0.1) is 0 Å². The average molecular weight is 392 g/mol. The quantitative estimate of drug-likeness (QED) is 0.263. The van der Waals surface area contributed by atoms with Crippen LogP contribution in [0.4, 0.5) is 0 Å². The number of rotatable bonds is 12. The molecule has 0 aliphatic carbocycles. The molecule has 0 fully saturated rings. The Morgan fingerprint density at radius 2 is 1.31 bits per heavy atom. The molecular formula is C27H37NO. The molecule has 0 saturated carbocycles. The van der Waals surface area contributed by atoms with Gasteiger partial charge in [0.1, 0.15) is 0 Å². The Hall–Kier alpha value is -1.90. The van der Waals surface area contributed by atoms with E-state index in [1.54, 1.807) is 0 Å². The number of aliphatic hydroxyl groups is 1. The van der Waals surface area contributed by atoms with Crippen molar-refractivity contribution in [2.24, 2.45) is 0 Å². The number of hydrogen-bond acceptors (Lipinski definition) is 2. The lowest BCUT2D eigenvalue weighted by molar-refractivity contribution is 0.162. The zero-order valence-electron chi connectivity index (χ0n) is 18.2. The van der Waals surface area contributed by atoms with E-state index < -0.39 is 6.10 Å². The third-order valence-electron chi connectivity index (χ3n) is 6.02. The lowest BCUT2D eigenvalue weighted by Crippen LogP contribution is -2.27. The van der Waals surface area contributed by atoms with Crippen molar-refractivity contribution in [2.45, 2.75) is 64.9 Å². The van der Waals surface area contributed by atoms with E-state index in [2.05, 4.69) is 73.3 Å². The molecule has 3 aromatic rings. The molecule has 2 heteroatoms. The Labute approximate surface area is 176 Å². The third kappa shape index (κ3) is 5.81. The molecule has 0 spiro atoms. The normalized spacial score (nSPS) is 12.8. The summed E-state index contributed by atoms with van der Waals surface area (Å²) in [7, 11) is 0. The largest absolute Gasteiger partial charge is 0.388 e. The predicted octanol–water partition coefficient (Wildman–Crippen LogP) is 7.10. The van der Waals surface area contributed by atoms with Gasteiger partial charge in [-0.1, -0.05) is 75.2 Å². The monoisotopic (exact) mass is 391 g/mol. The van der Waals surface area contributed by atoms with E-state index in [0.717, 1.165) is 31.4 Å². The van der Waals surface area contributed by atoms with Crippen LogP contribution in [0.5, 0.6) is 0 Å². The van der Waals surface area contributed by atoms with Gasteiger partial charge in [0.25, 0.3) is 0 Å². The first-order chi connectivity index (χ1) is 14.2. The number of fused-ring (bicyclic) bond motifs is 3. The maximum Gasteiger partial charge on any atom is 0.0796 e. The highest BCUT2D eigenvalue weighted by molar-refractivity contribution is 6.09. The number of aliphatic hydroxyl groups excluding tert-OH is 1. The van der Waals surface area contributed by atoms with Crippen LogP contribution in [-0.4, -0.2) is 29.6 Å². The zero-order valence-corrected chi connectivity index (χ0v) is 18.2. The Morgan fingerprint density at radius 3 is 2.00 bits per heavy atom. The Kier molecular flexibility index (Phi) is 8.52. The smallest absolute Gasteiger partial charge is 0.0796 e. The summed E-state index contributed by atoms with van der Waals surface area (Å²) in [5, 5.41) is 15.9. The Balaban J connectivity index is 1.64. The van der Waals surface area contributed by atoms with E-state index in [4.69, 9.17) is 0 Å². The van der Waals surface area contributed by atoms with Crippen molar-refractivity contribution in [1.29, 1.82) is 0 Å². The van der Waals surface area contributed by atoms with Crippen LogP contribution in [0.2, 0.25) is 0 Å². The molecule has 1 atom stereocenters. The highest BCUT2D eigenvalue weighted by atomic mass is 16.3. The van der Waals surface area contributed by atoms with Gasteiger partial charge < -0.3 is 10.0 Å². The maximum absolute atomic E-state index is 11.0. The molecule has 0 aliphatic rings. The molecule has 0 unspecified atom stereocenters. The van der Waals surface area contributed by atoms with Gasteiger partial charge in [-0.05, 0) is 84.9 Å². The minimum absolute atomic E-state index is 0.399. The summed E-state index contributed by atoms with van der Waals surface area (Å²) < 4.78 is 0. The first-order valence-corrected chi connectivity index (χ1v) is 11.6. The summed E-state index contributed by atoms with van der Waals surface area (Å²) in [5.74, 6) is 0. The van der Waals surface area contributed by atoms with Crippen molar-refractivity contribution in [1.82, 2.24) is 4.90 Å². The van der Waals surface area contributed by atoms with Gasteiger partial charge in [0.15, 0.2) is 0 Å². The second kappa shape index (κ2) is 11.3. The van der Waals surface area contributed by atoms with Crippen molar-refractivity contribution in [3.8, 4) is 0 Å². The second-order valence-electron chi connectivity index (χ2n) is 8.29. The van der Waals surface area contributed by atoms with Gasteiger partial charge in [0, 0.05) is 0 Å². The maximum atomic E-state index is 11.0. The van der Waals surface area contributed by atoms with E-state index in [1.165, 1.54) is 60.3 Å². The van der Waals surface area contributed by atoms with E-state index in [9.17, 15) is 5.11 Å². The van der Waals surface area contributed by atoms with Crippen molar-refractivity contribution in [3.63, 3.8) is 0 Å². The van der Waals surface area contributed by atoms with Crippen LogP contribution in [-0.2, 0) is 0 Å². The summed E-state index contributed by atoms with van der Waals surface area (Å²) in [5.41, 5.74) is 1.08. The fourth-order valence-corrected chi connectivity index (χ4v) is 4.29. The number of nitrogens with zero attached hydrogens (tertiary/aromatic N) is 1. The van der Waals surface area contributed by atoms with Crippen LogP contribution in [0, 0.1) is 0 Å². The highest BCUT2D eigenvalue weighted by Crippen LogP contribution is 2.33. The molecule has 0 aromatic heterocycles. The fourth-order valence-electron chi connectivity index (χ4n) is 4.29. The zero-order chi connectivity index (χ0) is 20.5. The van der Waals surface area contributed by atoms with Gasteiger partial charge in [0.2, 0.25) is 0 Å². The number of unbranched alkanes of at least 4 members (excludes halogenated alkanes) is 3. The van der Waals surface area contributed by atoms with Crippen molar-refractivity contribution >= 4 is 21.5 Å². The van der Waals surface area contributed by atoms with Crippen LogP contribution in [0.3, 0.4) is 0 Å². The summed E-state index contributed by atoms with van der Waals surface area (Å²) in [6, 6.07) is 19.2. The van der Waals surface area contributed by atoms with Crippen molar-refractivity contribution < 1.29 is 5.11 Å². The molecule has 3 rings (SSSR count). The molecule has 0 amide bonds. The van der Waals surface area contributed by atoms with E-state index in [1.807, 2.05) is 0 Å². The SMILES string of the molecule is CCCCN(CCCC)CCCC[C@@H](O)c1cc2ccccc2c2ccccc12. The average Bonchev–Trinajstić information content (AvgIpc) is 2.77. The Bertz CT molecular complexity index is 880. The highest BCUT2D eigenvalue weighted by Gasteiger charge is 2.14. The van der Waals surface area contributed by atoms with Crippen LogP contribution in [0.1, 0.15) is 70.5 Å². The molecular weight excluding hydrogens is 354 g/mol. The lowest BCUT2D eigenvalue weighted by Gasteiger charge is -2.22. The first kappa shape index (κ1) is 21.8. The van der Waals surface area contributed by atoms with Gasteiger partial charge in [0.05, 0.1) is 6.10 Å². The molecule has 2 nitrogen and oxygen atoms in total. The van der Waals surface area contributed by atoms with E-state index in [0.29, 0.717) is 0 Å². The lowest BCUT2D eigenvalue weighted by atomic mass is 9.93.